The Balaban J connectivity index is 0.000000162. The summed E-state index contributed by atoms with van der Waals surface area (Å²) in [6, 6.07) is 3.67. The van der Waals surface area contributed by atoms with E-state index in [0.29, 0.717) is 12.6 Å². The van der Waals surface area contributed by atoms with Crippen LogP contribution in [0.15, 0.2) is 29.1 Å². The Morgan fingerprint density at radius 3 is 1.70 bits per heavy atom. The summed E-state index contributed by atoms with van der Waals surface area (Å²) in [5, 5.41) is 0. The van der Waals surface area contributed by atoms with Crippen molar-refractivity contribution in [2.75, 3.05) is 0 Å². The van der Waals surface area contributed by atoms with Gasteiger partial charge < -0.3 is 14.0 Å². The van der Waals surface area contributed by atoms with Crippen molar-refractivity contribution >= 4 is 12.6 Å². The van der Waals surface area contributed by atoms with Gasteiger partial charge >= 0.3 is 0 Å². The van der Waals surface area contributed by atoms with E-state index in [0.717, 1.165) is 0 Å². The van der Waals surface area contributed by atoms with Gasteiger partial charge in [-0.05, 0) is 12.1 Å². The molecule has 0 radical (unpaired) electrons. The molecule has 1 rings (SSSR count). The first-order chi connectivity index (χ1) is 4.91. The summed E-state index contributed by atoms with van der Waals surface area (Å²) >= 11 is 0. The molecule has 10 heavy (non-hydrogen) atoms. The summed E-state index contributed by atoms with van der Waals surface area (Å²) in [6.45, 7) is 0. The number of hydrogen-bond acceptors (Lipinski definition) is 3. The lowest BCUT2D eigenvalue weighted by atomic mass is 10.6. The minimum absolute atomic E-state index is 0.0278. The SMILES string of the molecule is O=CCC=O.c1ccoc1. The first kappa shape index (κ1) is 8.62. The third-order valence-electron chi connectivity index (χ3n) is 0.618. The van der Waals surface area contributed by atoms with E-state index in [1.54, 1.807) is 12.5 Å². The number of aldehydes is 2. The fourth-order valence-electron chi connectivity index (χ4n) is 0.266. The van der Waals surface area contributed by atoms with Gasteiger partial charge in [0, 0.05) is 0 Å². The number of hydrogen-bond donors (Lipinski definition) is 0. The van der Waals surface area contributed by atoms with Gasteiger partial charge in [-0.1, -0.05) is 0 Å². The molecule has 0 saturated carbocycles. The number of carbonyl (C=O) groups is 2. The van der Waals surface area contributed by atoms with Gasteiger partial charge in [-0.3, -0.25) is 0 Å². The molecule has 54 valence electrons. The lowest BCUT2D eigenvalue weighted by molar-refractivity contribution is -0.114. The van der Waals surface area contributed by atoms with E-state index >= 15 is 0 Å². The van der Waals surface area contributed by atoms with Crippen LogP contribution in [0, 0.1) is 0 Å². The highest BCUT2D eigenvalue weighted by atomic mass is 16.3. The van der Waals surface area contributed by atoms with E-state index in [1.807, 2.05) is 12.1 Å². The first-order valence-electron chi connectivity index (χ1n) is 2.76. The molecule has 3 heteroatoms. The summed E-state index contributed by atoms with van der Waals surface area (Å²) in [5.41, 5.74) is 0. The fourth-order valence-corrected chi connectivity index (χ4v) is 0.266. The third kappa shape index (κ3) is 6.62. The van der Waals surface area contributed by atoms with Crippen LogP contribution >= 0.6 is 0 Å². The maximum Gasteiger partial charge on any atom is 0.127 e. The molecule has 0 N–H and O–H groups in total. The van der Waals surface area contributed by atoms with Crippen LogP contribution in [-0.2, 0) is 9.59 Å². The highest BCUT2D eigenvalue weighted by molar-refractivity contribution is 5.72. The van der Waals surface area contributed by atoms with Crippen LogP contribution in [0.2, 0.25) is 0 Å². The molecule has 0 fully saturated rings. The second kappa shape index (κ2) is 7.62. The van der Waals surface area contributed by atoms with Crippen molar-refractivity contribution in [2.24, 2.45) is 0 Å². The molecule has 0 aliphatic carbocycles. The summed E-state index contributed by atoms with van der Waals surface area (Å²) in [6.07, 6.45) is 4.40. The number of rotatable bonds is 2. The van der Waals surface area contributed by atoms with Gasteiger partial charge in [0.15, 0.2) is 0 Å². The summed E-state index contributed by atoms with van der Waals surface area (Å²) < 4.78 is 4.58. The molecule has 0 unspecified atom stereocenters. The monoisotopic (exact) mass is 140 g/mol. The van der Waals surface area contributed by atoms with Crippen LogP contribution in [0.5, 0.6) is 0 Å². The van der Waals surface area contributed by atoms with Crippen LogP contribution in [0.4, 0.5) is 0 Å². The molecular weight excluding hydrogens is 132 g/mol. The molecule has 0 saturated heterocycles. The minimum atomic E-state index is 0.0278. The second-order valence-corrected chi connectivity index (χ2v) is 1.36. The average molecular weight is 140 g/mol. The van der Waals surface area contributed by atoms with Crippen molar-refractivity contribution in [3.63, 3.8) is 0 Å². The molecule has 0 aliphatic heterocycles. The van der Waals surface area contributed by atoms with Crippen molar-refractivity contribution in [2.45, 2.75) is 6.42 Å². The Kier molecular flexibility index (Phi) is 6.57. The molecule has 0 bridgehead atoms. The van der Waals surface area contributed by atoms with Gasteiger partial charge in [0.1, 0.15) is 12.6 Å². The molecule has 0 spiro atoms. The van der Waals surface area contributed by atoms with E-state index in [1.165, 1.54) is 0 Å². The summed E-state index contributed by atoms with van der Waals surface area (Å²) in [5.74, 6) is 0. The second-order valence-electron chi connectivity index (χ2n) is 1.36. The number of furan rings is 1. The molecule has 1 aromatic rings. The topological polar surface area (TPSA) is 47.3 Å². The average Bonchev–Trinajstić information content (AvgIpc) is 2.44. The molecule has 1 heterocycles. The minimum Gasteiger partial charge on any atom is -0.473 e. The fraction of sp³-hybridized carbons (Fsp3) is 0.143. The van der Waals surface area contributed by atoms with Crippen LogP contribution in [0.1, 0.15) is 6.42 Å². The Morgan fingerprint density at radius 1 is 1.10 bits per heavy atom. The van der Waals surface area contributed by atoms with E-state index in [2.05, 4.69) is 4.42 Å². The van der Waals surface area contributed by atoms with Crippen LogP contribution in [-0.4, -0.2) is 12.6 Å². The standard InChI is InChI=1S/C4H4O.C3H4O2/c1-2-4-5-3-1;4-2-1-3-5/h1-4H;2-3H,1H2. The van der Waals surface area contributed by atoms with Gasteiger partial charge in [0.2, 0.25) is 0 Å². The molecule has 0 amide bonds. The van der Waals surface area contributed by atoms with Crippen LogP contribution < -0.4 is 0 Å². The van der Waals surface area contributed by atoms with E-state index in [9.17, 15) is 9.59 Å². The van der Waals surface area contributed by atoms with Gasteiger partial charge in [-0.2, -0.15) is 0 Å². The zero-order valence-electron chi connectivity index (χ0n) is 5.40. The lowest BCUT2D eigenvalue weighted by Gasteiger charge is -1.53. The van der Waals surface area contributed by atoms with Crippen LogP contribution in [0.25, 0.3) is 0 Å². The zero-order valence-corrected chi connectivity index (χ0v) is 5.40. The Morgan fingerprint density at radius 2 is 1.60 bits per heavy atom. The van der Waals surface area contributed by atoms with Crippen LogP contribution in [0.3, 0.4) is 0 Å². The van der Waals surface area contributed by atoms with Gasteiger partial charge in [0.25, 0.3) is 0 Å². The highest BCUT2D eigenvalue weighted by Gasteiger charge is 1.65. The summed E-state index contributed by atoms with van der Waals surface area (Å²) in [7, 11) is 0. The van der Waals surface area contributed by atoms with E-state index in [-0.39, 0.29) is 6.42 Å². The maximum atomic E-state index is 9.17. The van der Waals surface area contributed by atoms with E-state index < -0.39 is 0 Å². The molecule has 0 aromatic carbocycles. The Bertz CT molecular complexity index is 132. The van der Waals surface area contributed by atoms with E-state index in [4.69, 9.17) is 0 Å². The van der Waals surface area contributed by atoms with Gasteiger partial charge in [-0.15, -0.1) is 0 Å². The van der Waals surface area contributed by atoms with Crippen molar-refractivity contribution < 1.29 is 14.0 Å². The largest absolute Gasteiger partial charge is 0.473 e. The molecular formula is C7H8O3. The Labute approximate surface area is 58.6 Å². The quantitative estimate of drug-likeness (QED) is 0.455. The summed E-state index contributed by atoms with van der Waals surface area (Å²) in [4.78, 5) is 18.3. The molecule has 0 aliphatic rings. The predicted molar refractivity (Wildman–Crippen MR) is 35.5 cm³/mol. The first-order valence-corrected chi connectivity index (χ1v) is 2.76. The van der Waals surface area contributed by atoms with Gasteiger partial charge in [0.05, 0.1) is 18.9 Å². The van der Waals surface area contributed by atoms with Gasteiger partial charge in [-0.25, -0.2) is 0 Å². The zero-order chi connectivity index (χ0) is 7.66. The third-order valence-corrected chi connectivity index (χ3v) is 0.618. The highest BCUT2D eigenvalue weighted by Crippen LogP contribution is 1.79. The maximum absolute atomic E-state index is 9.17. The predicted octanol–water partition coefficient (Wildman–Crippen LogP) is 1.05. The van der Waals surface area contributed by atoms with Crippen molar-refractivity contribution in [1.82, 2.24) is 0 Å². The van der Waals surface area contributed by atoms with Crippen molar-refractivity contribution in [1.29, 1.82) is 0 Å². The Hall–Kier alpha value is -1.38. The molecule has 1 aromatic heterocycles. The molecule has 3 nitrogen and oxygen atoms in total. The van der Waals surface area contributed by atoms with Crippen molar-refractivity contribution in [3.8, 4) is 0 Å². The molecule has 0 atom stereocenters. The van der Waals surface area contributed by atoms with Crippen molar-refractivity contribution in [3.05, 3.63) is 24.7 Å². The smallest absolute Gasteiger partial charge is 0.127 e. The number of carbonyl (C=O) groups excluding carboxylic acids is 2. The normalized spacial score (nSPS) is 7.20. The lowest BCUT2D eigenvalue weighted by Crippen LogP contribution is -1.69.